The lowest BCUT2D eigenvalue weighted by molar-refractivity contribution is -0.118. The lowest BCUT2D eigenvalue weighted by Crippen LogP contribution is -2.25. The molecule has 8 nitrogen and oxygen atoms in total. The number of ether oxygens (including phenoxy) is 3. The van der Waals surface area contributed by atoms with Crippen LogP contribution >= 0.6 is 11.3 Å². The number of rotatable bonds is 7. The number of thiazole rings is 1. The van der Waals surface area contributed by atoms with Crippen molar-refractivity contribution in [1.82, 2.24) is 4.68 Å². The topological polar surface area (TPSA) is 86.4 Å². The van der Waals surface area contributed by atoms with Gasteiger partial charge in [0.2, 0.25) is 4.80 Å². The molecule has 2 heterocycles. The maximum absolute atomic E-state index is 11.8. The first kappa shape index (κ1) is 22.3. The first-order chi connectivity index (χ1) is 16.0. The van der Waals surface area contributed by atoms with Crippen molar-refractivity contribution in [3.63, 3.8) is 0 Å². The standard InChI is InChI=1S/C24H24N4O4S/c1-15(2)11-25-24-28(26-12-17-9-18(30-3)6-8-21(17)31-4)20(14-33-24)16-5-7-22-19(10-16)27-23(29)13-32-22/h5-10,12,14H,1,11,13H2,2-4H3,(H,27,29). The molecule has 1 aliphatic heterocycles. The summed E-state index contributed by atoms with van der Waals surface area (Å²) in [5, 5.41) is 9.55. The van der Waals surface area contributed by atoms with E-state index in [9.17, 15) is 4.79 Å². The molecule has 0 aliphatic carbocycles. The number of benzene rings is 2. The molecule has 1 amide bonds. The third-order valence-electron chi connectivity index (χ3n) is 4.83. The Kier molecular flexibility index (Phi) is 6.60. The number of hydrogen-bond acceptors (Lipinski definition) is 7. The molecule has 0 saturated carbocycles. The number of amides is 1. The van der Waals surface area contributed by atoms with Gasteiger partial charge < -0.3 is 19.5 Å². The quantitative estimate of drug-likeness (QED) is 0.424. The monoisotopic (exact) mass is 464 g/mol. The molecule has 0 radical (unpaired) electrons. The summed E-state index contributed by atoms with van der Waals surface area (Å²) >= 11 is 1.47. The van der Waals surface area contributed by atoms with Gasteiger partial charge in [0.25, 0.3) is 5.91 Å². The zero-order valence-corrected chi connectivity index (χ0v) is 19.4. The molecule has 0 bridgehead atoms. The van der Waals surface area contributed by atoms with Gasteiger partial charge in [0, 0.05) is 16.5 Å². The van der Waals surface area contributed by atoms with E-state index in [0.29, 0.717) is 34.3 Å². The summed E-state index contributed by atoms with van der Waals surface area (Å²) in [6.07, 6.45) is 1.71. The number of hydrogen-bond donors (Lipinski definition) is 1. The predicted molar refractivity (Wildman–Crippen MR) is 130 cm³/mol. The zero-order valence-electron chi connectivity index (χ0n) is 18.6. The molecule has 33 heavy (non-hydrogen) atoms. The number of nitrogens with one attached hydrogen (secondary N) is 1. The minimum atomic E-state index is -0.182. The van der Waals surface area contributed by atoms with Gasteiger partial charge in [-0.3, -0.25) is 9.79 Å². The number of carbonyl (C=O) groups is 1. The number of nitrogens with zero attached hydrogens (tertiary/aromatic N) is 3. The Hall–Kier alpha value is -3.85. The highest BCUT2D eigenvalue weighted by Crippen LogP contribution is 2.33. The van der Waals surface area contributed by atoms with E-state index in [1.165, 1.54) is 11.3 Å². The van der Waals surface area contributed by atoms with Crippen molar-refractivity contribution in [1.29, 1.82) is 0 Å². The first-order valence-corrected chi connectivity index (χ1v) is 11.1. The number of fused-ring (bicyclic) bond motifs is 1. The van der Waals surface area contributed by atoms with Crippen molar-refractivity contribution >= 4 is 29.1 Å². The van der Waals surface area contributed by atoms with Gasteiger partial charge in [0.15, 0.2) is 6.61 Å². The highest BCUT2D eigenvalue weighted by Gasteiger charge is 2.18. The van der Waals surface area contributed by atoms with Crippen LogP contribution in [0.4, 0.5) is 5.69 Å². The first-order valence-electron chi connectivity index (χ1n) is 10.2. The van der Waals surface area contributed by atoms with Crippen LogP contribution in [-0.4, -0.2) is 44.2 Å². The molecule has 3 aromatic rings. The van der Waals surface area contributed by atoms with E-state index < -0.39 is 0 Å². The van der Waals surface area contributed by atoms with Crippen LogP contribution in [0.5, 0.6) is 17.2 Å². The van der Waals surface area contributed by atoms with E-state index in [-0.39, 0.29) is 12.5 Å². The molecule has 1 aliphatic rings. The minimum absolute atomic E-state index is 0.0153. The molecule has 1 aromatic heterocycles. The van der Waals surface area contributed by atoms with E-state index in [0.717, 1.165) is 22.4 Å². The number of aromatic nitrogens is 1. The fourth-order valence-electron chi connectivity index (χ4n) is 3.22. The van der Waals surface area contributed by atoms with Crippen molar-refractivity contribution in [2.45, 2.75) is 6.92 Å². The molecule has 9 heteroatoms. The highest BCUT2D eigenvalue weighted by atomic mass is 32.1. The Labute approximate surface area is 195 Å². The predicted octanol–water partition coefficient (Wildman–Crippen LogP) is 3.92. The van der Waals surface area contributed by atoms with Crippen molar-refractivity contribution in [3.8, 4) is 28.5 Å². The minimum Gasteiger partial charge on any atom is -0.497 e. The van der Waals surface area contributed by atoms with Crippen LogP contribution in [-0.2, 0) is 4.79 Å². The smallest absolute Gasteiger partial charge is 0.262 e. The van der Waals surface area contributed by atoms with Crippen molar-refractivity contribution in [2.24, 2.45) is 10.1 Å². The van der Waals surface area contributed by atoms with Gasteiger partial charge in [-0.1, -0.05) is 12.2 Å². The number of carbonyl (C=O) groups excluding carboxylic acids is 1. The Bertz CT molecular complexity index is 1310. The summed E-state index contributed by atoms with van der Waals surface area (Å²) in [4.78, 5) is 17.1. The van der Waals surface area contributed by atoms with Gasteiger partial charge in [0.05, 0.1) is 38.4 Å². The second-order valence-corrected chi connectivity index (χ2v) is 8.23. The van der Waals surface area contributed by atoms with E-state index in [4.69, 9.17) is 19.3 Å². The summed E-state index contributed by atoms with van der Waals surface area (Å²) in [5.41, 5.74) is 4.02. The summed E-state index contributed by atoms with van der Waals surface area (Å²) in [5.74, 6) is 1.83. The molecule has 0 fully saturated rings. The van der Waals surface area contributed by atoms with Gasteiger partial charge in [-0.05, 0) is 43.3 Å². The molecular weight excluding hydrogens is 440 g/mol. The van der Waals surface area contributed by atoms with Crippen LogP contribution in [0.1, 0.15) is 12.5 Å². The molecule has 2 aromatic carbocycles. The van der Waals surface area contributed by atoms with Crippen molar-refractivity contribution in [3.05, 3.63) is 64.3 Å². The largest absolute Gasteiger partial charge is 0.497 e. The SMILES string of the molecule is C=C(C)CN=c1scc(-c2ccc3c(c2)NC(=O)CO3)n1N=Cc1cc(OC)ccc1OC. The molecule has 1 N–H and O–H groups in total. The highest BCUT2D eigenvalue weighted by molar-refractivity contribution is 7.07. The molecule has 170 valence electrons. The van der Waals surface area contributed by atoms with Crippen LogP contribution in [0, 0.1) is 0 Å². The van der Waals surface area contributed by atoms with Crippen LogP contribution in [0.25, 0.3) is 11.3 Å². The van der Waals surface area contributed by atoms with Crippen molar-refractivity contribution in [2.75, 3.05) is 32.7 Å². The summed E-state index contributed by atoms with van der Waals surface area (Å²) in [7, 11) is 3.22. The van der Waals surface area contributed by atoms with Gasteiger partial charge in [-0.25, -0.2) is 4.68 Å². The average Bonchev–Trinajstić information content (AvgIpc) is 3.23. The third-order valence-corrected chi connectivity index (χ3v) is 5.68. The fourth-order valence-corrected chi connectivity index (χ4v) is 4.06. The van der Waals surface area contributed by atoms with Gasteiger partial charge in [-0.2, -0.15) is 5.10 Å². The Morgan fingerprint density at radius 2 is 2.12 bits per heavy atom. The lowest BCUT2D eigenvalue weighted by atomic mass is 10.1. The Morgan fingerprint density at radius 3 is 2.88 bits per heavy atom. The number of anilines is 1. The Balaban J connectivity index is 1.80. The van der Waals surface area contributed by atoms with Crippen LogP contribution in [0.2, 0.25) is 0 Å². The molecule has 4 rings (SSSR count). The maximum Gasteiger partial charge on any atom is 0.262 e. The fraction of sp³-hybridized carbons (Fsp3) is 0.208. The van der Waals surface area contributed by atoms with E-state index in [1.807, 2.05) is 48.7 Å². The average molecular weight is 465 g/mol. The molecule has 0 spiro atoms. The van der Waals surface area contributed by atoms with Gasteiger partial charge >= 0.3 is 0 Å². The molecule has 0 saturated heterocycles. The van der Waals surface area contributed by atoms with Crippen LogP contribution < -0.4 is 24.3 Å². The van der Waals surface area contributed by atoms with E-state index in [2.05, 4.69) is 16.9 Å². The Morgan fingerprint density at radius 1 is 1.27 bits per heavy atom. The summed E-state index contributed by atoms with van der Waals surface area (Å²) in [6, 6.07) is 11.2. The number of methoxy groups -OCH3 is 2. The summed E-state index contributed by atoms with van der Waals surface area (Å²) < 4.78 is 18.1. The third kappa shape index (κ3) is 4.98. The zero-order chi connectivity index (χ0) is 23.4. The molecule has 0 atom stereocenters. The maximum atomic E-state index is 11.8. The van der Waals surface area contributed by atoms with E-state index in [1.54, 1.807) is 25.1 Å². The van der Waals surface area contributed by atoms with Crippen LogP contribution in [0.3, 0.4) is 0 Å². The second kappa shape index (κ2) is 9.74. The summed E-state index contributed by atoms with van der Waals surface area (Å²) in [6.45, 7) is 6.37. The van der Waals surface area contributed by atoms with E-state index >= 15 is 0 Å². The van der Waals surface area contributed by atoms with Crippen molar-refractivity contribution < 1.29 is 19.0 Å². The molecular formula is C24H24N4O4S. The normalized spacial score (nSPS) is 13.4. The lowest BCUT2D eigenvalue weighted by Gasteiger charge is -2.18. The van der Waals surface area contributed by atoms with Gasteiger partial charge in [0.1, 0.15) is 17.2 Å². The molecule has 0 unspecified atom stereocenters. The van der Waals surface area contributed by atoms with Crippen LogP contribution in [0.15, 0.2) is 64.0 Å². The van der Waals surface area contributed by atoms with Gasteiger partial charge in [-0.15, -0.1) is 11.3 Å². The second-order valence-electron chi connectivity index (χ2n) is 7.39.